The molecular weight excluding hydrogens is 330 g/mol. The number of hydrogen-bond acceptors (Lipinski definition) is 6. The molecule has 0 aromatic carbocycles. The van der Waals surface area contributed by atoms with Crippen LogP contribution in [0.4, 0.5) is 5.69 Å². The lowest BCUT2D eigenvalue weighted by molar-refractivity contribution is 0.0938. The Labute approximate surface area is 154 Å². The van der Waals surface area contributed by atoms with Crippen LogP contribution in [-0.4, -0.2) is 40.2 Å². The van der Waals surface area contributed by atoms with E-state index in [9.17, 15) is 4.79 Å². The fourth-order valence-electron chi connectivity index (χ4n) is 3.14. The normalized spacial score (nSPS) is 17.8. The van der Waals surface area contributed by atoms with Gasteiger partial charge in [0.25, 0.3) is 5.91 Å². The second kappa shape index (κ2) is 7.85. The third-order valence-corrected chi connectivity index (χ3v) is 4.51. The summed E-state index contributed by atoms with van der Waals surface area (Å²) in [5.41, 5.74) is 1.44. The lowest BCUT2D eigenvalue weighted by Gasteiger charge is -2.32. The molecule has 26 heavy (non-hydrogen) atoms. The number of nitrogens with zero attached hydrogens (tertiary/aromatic N) is 4. The SMILES string of the molecule is CC(C)NC(=O)c1cc(N2CCC[C@H](c3nc(C(C)C)no3)C2)ccn1. The van der Waals surface area contributed by atoms with E-state index in [0.29, 0.717) is 11.6 Å². The Morgan fingerprint density at radius 3 is 2.85 bits per heavy atom. The Bertz CT molecular complexity index is 756. The number of carbonyl (C=O) groups is 1. The van der Waals surface area contributed by atoms with Crippen molar-refractivity contribution in [3.05, 3.63) is 35.7 Å². The zero-order valence-corrected chi connectivity index (χ0v) is 15.9. The van der Waals surface area contributed by atoms with Gasteiger partial charge in [0.1, 0.15) is 5.69 Å². The zero-order chi connectivity index (χ0) is 18.7. The predicted octanol–water partition coefficient (Wildman–Crippen LogP) is 3.11. The van der Waals surface area contributed by atoms with Crippen molar-refractivity contribution in [2.45, 2.75) is 58.4 Å². The molecular formula is C19H27N5O2. The van der Waals surface area contributed by atoms with Crippen molar-refractivity contribution in [2.75, 3.05) is 18.0 Å². The Kier molecular flexibility index (Phi) is 5.54. The van der Waals surface area contributed by atoms with Crippen molar-refractivity contribution in [2.24, 2.45) is 0 Å². The number of anilines is 1. The van der Waals surface area contributed by atoms with Crippen LogP contribution in [0.2, 0.25) is 0 Å². The number of carbonyl (C=O) groups excluding carboxylic acids is 1. The van der Waals surface area contributed by atoms with Gasteiger partial charge in [-0.2, -0.15) is 4.98 Å². The van der Waals surface area contributed by atoms with Gasteiger partial charge in [-0.1, -0.05) is 19.0 Å². The molecule has 0 radical (unpaired) electrons. The van der Waals surface area contributed by atoms with Gasteiger partial charge in [0.2, 0.25) is 5.89 Å². The second-order valence-corrected chi connectivity index (χ2v) is 7.46. The summed E-state index contributed by atoms with van der Waals surface area (Å²) >= 11 is 0. The van der Waals surface area contributed by atoms with E-state index >= 15 is 0 Å². The summed E-state index contributed by atoms with van der Waals surface area (Å²) in [4.78, 5) is 23.2. The van der Waals surface area contributed by atoms with Crippen molar-refractivity contribution >= 4 is 11.6 Å². The van der Waals surface area contributed by atoms with E-state index in [4.69, 9.17) is 4.52 Å². The Morgan fingerprint density at radius 1 is 1.35 bits per heavy atom. The van der Waals surface area contributed by atoms with Gasteiger partial charge >= 0.3 is 0 Å². The molecule has 0 aliphatic carbocycles. The second-order valence-electron chi connectivity index (χ2n) is 7.46. The van der Waals surface area contributed by atoms with E-state index in [1.165, 1.54) is 0 Å². The van der Waals surface area contributed by atoms with Gasteiger partial charge in [0, 0.05) is 36.9 Å². The van der Waals surface area contributed by atoms with Crippen LogP contribution in [0, 0.1) is 0 Å². The first-order chi connectivity index (χ1) is 12.4. The molecule has 0 unspecified atom stereocenters. The molecule has 7 nitrogen and oxygen atoms in total. The minimum absolute atomic E-state index is 0.0833. The largest absolute Gasteiger partial charge is 0.371 e. The summed E-state index contributed by atoms with van der Waals surface area (Å²) in [5, 5.41) is 6.97. The lowest BCUT2D eigenvalue weighted by atomic mass is 9.97. The van der Waals surface area contributed by atoms with Crippen molar-refractivity contribution in [3.63, 3.8) is 0 Å². The number of aromatic nitrogens is 3. The number of piperidine rings is 1. The molecule has 7 heteroatoms. The highest BCUT2D eigenvalue weighted by atomic mass is 16.5. The molecule has 1 aliphatic rings. The Balaban J connectivity index is 1.74. The van der Waals surface area contributed by atoms with E-state index in [1.54, 1.807) is 6.20 Å². The van der Waals surface area contributed by atoms with Gasteiger partial charge < -0.3 is 14.7 Å². The van der Waals surface area contributed by atoms with Gasteiger partial charge in [-0.25, -0.2) is 0 Å². The van der Waals surface area contributed by atoms with Crippen LogP contribution in [0.3, 0.4) is 0 Å². The van der Waals surface area contributed by atoms with Crippen LogP contribution in [-0.2, 0) is 0 Å². The average Bonchev–Trinajstić information content (AvgIpc) is 3.12. The minimum Gasteiger partial charge on any atom is -0.371 e. The van der Waals surface area contributed by atoms with E-state index in [2.05, 4.69) is 39.2 Å². The molecule has 0 spiro atoms. The third-order valence-electron chi connectivity index (χ3n) is 4.51. The molecule has 1 N–H and O–H groups in total. The summed E-state index contributed by atoms with van der Waals surface area (Å²) in [6.07, 6.45) is 3.76. The first-order valence-corrected chi connectivity index (χ1v) is 9.29. The fraction of sp³-hybridized carbons (Fsp3) is 0.579. The summed E-state index contributed by atoms with van der Waals surface area (Å²) in [5.74, 6) is 1.80. The quantitative estimate of drug-likeness (QED) is 0.885. The average molecular weight is 357 g/mol. The highest BCUT2D eigenvalue weighted by Crippen LogP contribution is 2.29. The van der Waals surface area contributed by atoms with Gasteiger partial charge in [-0.3, -0.25) is 9.78 Å². The number of amides is 1. The first kappa shape index (κ1) is 18.4. The summed E-state index contributed by atoms with van der Waals surface area (Å²) in [6, 6.07) is 3.88. The summed E-state index contributed by atoms with van der Waals surface area (Å²) in [7, 11) is 0. The maximum Gasteiger partial charge on any atom is 0.270 e. The molecule has 1 atom stereocenters. The minimum atomic E-state index is -0.145. The molecule has 1 amide bonds. The molecule has 1 aliphatic heterocycles. The first-order valence-electron chi connectivity index (χ1n) is 9.29. The molecule has 0 saturated carbocycles. The predicted molar refractivity (Wildman–Crippen MR) is 99.4 cm³/mol. The van der Waals surface area contributed by atoms with Crippen LogP contribution in [0.25, 0.3) is 0 Å². The number of rotatable bonds is 5. The highest BCUT2D eigenvalue weighted by molar-refractivity contribution is 5.93. The summed E-state index contributed by atoms with van der Waals surface area (Å²) in [6.45, 7) is 9.73. The van der Waals surface area contributed by atoms with Crippen molar-refractivity contribution in [3.8, 4) is 0 Å². The molecule has 1 fully saturated rings. The molecule has 3 heterocycles. The number of pyridine rings is 1. The topological polar surface area (TPSA) is 84.2 Å². The van der Waals surface area contributed by atoms with Gasteiger partial charge in [-0.05, 0) is 38.8 Å². The van der Waals surface area contributed by atoms with Gasteiger partial charge in [-0.15, -0.1) is 0 Å². The Morgan fingerprint density at radius 2 is 2.15 bits per heavy atom. The van der Waals surface area contributed by atoms with Crippen LogP contribution >= 0.6 is 0 Å². The molecule has 3 rings (SSSR count). The van der Waals surface area contributed by atoms with Gasteiger partial charge in [0.15, 0.2) is 5.82 Å². The molecule has 140 valence electrons. The monoisotopic (exact) mass is 357 g/mol. The van der Waals surface area contributed by atoms with E-state index in [-0.39, 0.29) is 23.8 Å². The van der Waals surface area contributed by atoms with Crippen LogP contribution < -0.4 is 10.2 Å². The molecule has 1 saturated heterocycles. The number of nitrogens with one attached hydrogen (secondary N) is 1. The molecule has 2 aromatic rings. The lowest BCUT2D eigenvalue weighted by Crippen LogP contribution is -2.35. The van der Waals surface area contributed by atoms with Crippen LogP contribution in [0.5, 0.6) is 0 Å². The summed E-state index contributed by atoms with van der Waals surface area (Å²) < 4.78 is 5.49. The Hall–Kier alpha value is -2.44. The zero-order valence-electron chi connectivity index (χ0n) is 15.9. The smallest absolute Gasteiger partial charge is 0.270 e. The fourth-order valence-corrected chi connectivity index (χ4v) is 3.14. The number of hydrogen-bond donors (Lipinski definition) is 1. The van der Waals surface area contributed by atoms with Crippen molar-refractivity contribution in [1.29, 1.82) is 0 Å². The standard InChI is InChI=1S/C19H27N5O2/c1-12(2)17-22-19(26-23-17)14-6-5-9-24(11-14)15-7-8-20-16(10-15)18(25)21-13(3)4/h7-8,10,12-14H,5-6,9,11H2,1-4H3,(H,21,25)/t14-/m0/s1. The van der Waals surface area contributed by atoms with Gasteiger partial charge in [0.05, 0.1) is 5.92 Å². The van der Waals surface area contributed by atoms with Crippen LogP contribution in [0.1, 0.15) is 74.6 Å². The maximum atomic E-state index is 12.2. The van der Waals surface area contributed by atoms with Crippen LogP contribution in [0.15, 0.2) is 22.9 Å². The van der Waals surface area contributed by atoms with E-state index in [0.717, 1.165) is 37.4 Å². The maximum absolute atomic E-state index is 12.2. The molecule has 0 bridgehead atoms. The van der Waals surface area contributed by atoms with Crippen molar-refractivity contribution in [1.82, 2.24) is 20.4 Å². The highest BCUT2D eigenvalue weighted by Gasteiger charge is 2.27. The third kappa shape index (κ3) is 4.20. The van der Waals surface area contributed by atoms with E-state index in [1.807, 2.05) is 26.0 Å². The molecule has 2 aromatic heterocycles. The van der Waals surface area contributed by atoms with E-state index < -0.39 is 0 Å². The van der Waals surface area contributed by atoms with Crippen molar-refractivity contribution < 1.29 is 9.32 Å².